The summed E-state index contributed by atoms with van der Waals surface area (Å²) in [7, 11) is 0. The van der Waals surface area contributed by atoms with Crippen LogP contribution in [0.2, 0.25) is 0 Å². The summed E-state index contributed by atoms with van der Waals surface area (Å²) < 4.78 is 48.1. The van der Waals surface area contributed by atoms with E-state index in [4.69, 9.17) is 4.74 Å². The van der Waals surface area contributed by atoms with Crippen molar-refractivity contribution in [3.8, 4) is 0 Å². The Morgan fingerprint density at radius 2 is 1.82 bits per heavy atom. The predicted molar refractivity (Wildman–Crippen MR) is 192 cm³/mol. The number of nitrogens with zero attached hydrogens (tertiary/aromatic N) is 3. The molecule has 0 saturated carbocycles. The minimum absolute atomic E-state index is 0.0554. The number of benzene rings is 3. The van der Waals surface area contributed by atoms with E-state index in [1.165, 1.54) is 18.2 Å². The van der Waals surface area contributed by atoms with Gasteiger partial charge in [-0.15, -0.1) is 0 Å². The lowest BCUT2D eigenvalue weighted by Crippen LogP contribution is -2.48. The molecule has 3 saturated heterocycles. The molecule has 8 rings (SSSR count). The first-order chi connectivity index (χ1) is 24.7. The highest BCUT2D eigenvalue weighted by Crippen LogP contribution is 2.53. The van der Waals surface area contributed by atoms with Crippen LogP contribution < -0.4 is 20.0 Å². The van der Waals surface area contributed by atoms with Gasteiger partial charge in [-0.25, -0.2) is 13.2 Å². The molecule has 0 radical (unpaired) electrons. The average molecular weight is 699 g/mol. The standard InChI is InChI=1S/C41H45F3N4O3/c1-2-40(50)48-24-31-4-3-14-47(31)38-22-30(7-10-37(38)48)46-15-12-41(13-16-46)23-28(32-8-6-29(42)21-33(32)41)20-39(49)45-36(27-11-17-51-25-27)19-26-5-9-34(43)35(44)18-26/h2,5-10,18,21-22,27-28,31,36H,1,3-4,11-17,19-20,23-25H2,(H,45,49)/t27-,28-,31+,36-/m1/s1. The third-order valence-corrected chi connectivity index (χ3v) is 12.3. The third-order valence-electron chi connectivity index (χ3n) is 12.3. The Hall–Kier alpha value is -4.31. The second kappa shape index (κ2) is 13.7. The van der Waals surface area contributed by atoms with Crippen LogP contribution in [0.4, 0.5) is 30.2 Å². The number of amides is 2. The normalized spacial score (nSPS) is 23.9. The van der Waals surface area contributed by atoms with Crippen molar-refractivity contribution in [2.24, 2.45) is 5.92 Å². The van der Waals surface area contributed by atoms with Crippen molar-refractivity contribution in [1.82, 2.24) is 5.32 Å². The molecule has 51 heavy (non-hydrogen) atoms. The van der Waals surface area contributed by atoms with Gasteiger partial charge < -0.3 is 24.8 Å². The first-order valence-corrected chi connectivity index (χ1v) is 18.4. The fourth-order valence-corrected chi connectivity index (χ4v) is 9.64. The van der Waals surface area contributed by atoms with E-state index in [1.807, 2.05) is 11.0 Å². The van der Waals surface area contributed by atoms with Gasteiger partial charge in [-0.05, 0) is 122 Å². The van der Waals surface area contributed by atoms with E-state index in [9.17, 15) is 22.8 Å². The maximum Gasteiger partial charge on any atom is 0.250 e. The largest absolute Gasteiger partial charge is 0.381 e. The molecular formula is C41H45F3N4O3. The Morgan fingerprint density at radius 3 is 2.59 bits per heavy atom. The number of hydrogen-bond acceptors (Lipinski definition) is 5. The molecule has 4 atom stereocenters. The maximum atomic E-state index is 14.8. The molecule has 3 aromatic rings. The molecule has 268 valence electrons. The Morgan fingerprint density at radius 1 is 0.980 bits per heavy atom. The number of anilines is 3. The molecule has 3 aromatic carbocycles. The van der Waals surface area contributed by atoms with Crippen molar-refractivity contribution in [3.05, 3.63) is 101 Å². The lowest BCUT2D eigenvalue weighted by atomic mass is 9.73. The molecule has 1 spiro atoms. The number of rotatable bonds is 8. The van der Waals surface area contributed by atoms with E-state index in [0.717, 1.165) is 92.4 Å². The molecule has 0 unspecified atom stereocenters. The van der Waals surface area contributed by atoms with Crippen molar-refractivity contribution < 1.29 is 27.5 Å². The van der Waals surface area contributed by atoms with Gasteiger partial charge in [-0.1, -0.05) is 18.7 Å². The average Bonchev–Trinajstić information content (AvgIpc) is 3.90. The number of halogens is 3. The van der Waals surface area contributed by atoms with Crippen LogP contribution in [0.25, 0.3) is 0 Å². The monoisotopic (exact) mass is 698 g/mol. The summed E-state index contributed by atoms with van der Waals surface area (Å²) in [6.07, 6.45) is 7.45. The van der Waals surface area contributed by atoms with Gasteiger partial charge in [0.05, 0.1) is 18.0 Å². The van der Waals surface area contributed by atoms with Gasteiger partial charge >= 0.3 is 0 Å². The Kier molecular flexibility index (Phi) is 9.07. The molecule has 4 aliphatic heterocycles. The molecule has 10 heteroatoms. The van der Waals surface area contributed by atoms with Crippen LogP contribution in [0.15, 0.2) is 67.3 Å². The number of fused-ring (bicyclic) bond motifs is 5. The second-order valence-electron chi connectivity index (χ2n) is 15.2. The molecular weight excluding hydrogens is 653 g/mol. The van der Waals surface area contributed by atoms with Crippen molar-refractivity contribution in [2.75, 3.05) is 54.1 Å². The highest BCUT2D eigenvalue weighted by molar-refractivity contribution is 6.04. The van der Waals surface area contributed by atoms with Crippen molar-refractivity contribution >= 4 is 28.9 Å². The summed E-state index contributed by atoms with van der Waals surface area (Å²) in [6, 6.07) is 15.4. The van der Waals surface area contributed by atoms with E-state index >= 15 is 0 Å². The molecule has 2 amide bonds. The van der Waals surface area contributed by atoms with Crippen LogP contribution >= 0.6 is 0 Å². The topological polar surface area (TPSA) is 65.1 Å². The van der Waals surface area contributed by atoms with Crippen molar-refractivity contribution in [1.29, 1.82) is 0 Å². The second-order valence-corrected chi connectivity index (χ2v) is 15.2. The quantitative estimate of drug-likeness (QED) is 0.263. The van der Waals surface area contributed by atoms with Crippen LogP contribution in [0.3, 0.4) is 0 Å². The lowest BCUT2D eigenvalue weighted by Gasteiger charge is -2.43. The SMILES string of the molecule is C=CC(=O)N1C[C@@H]2CCCN2c2cc(N3CCC4(CC3)C[C@@H](CC(=O)N[C@H](Cc3ccc(F)c(F)c3)[C@@H]3CCOC3)c3ccc(F)cc34)ccc21. The summed E-state index contributed by atoms with van der Waals surface area (Å²) in [6.45, 7) is 8.10. The predicted octanol–water partition coefficient (Wildman–Crippen LogP) is 6.78. The highest BCUT2D eigenvalue weighted by Gasteiger charge is 2.46. The number of hydrogen-bond donors (Lipinski definition) is 1. The highest BCUT2D eigenvalue weighted by atomic mass is 19.2. The third kappa shape index (κ3) is 6.40. The van der Waals surface area contributed by atoms with Gasteiger partial charge in [0.2, 0.25) is 5.91 Å². The zero-order valence-corrected chi connectivity index (χ0v) is 28.9. The van der Waals surface area contributed by atoms with E-state index in [2.05, 4.69) is 39.9 Å². The number of ether oxygens (including phenoxy) is 1. The minimum Gasteiger partial charge on any atom is -0.381 e. The number of carbonyl (C=O) groups is 2. The van der Waals surface area contributed by atoms with Crippen molar-refractivity contribution in [3.63, 3.8) is 0 Å². The number of carbonyl (C=O) groups excluding carboxylic acids is 2. The summed E-state index contributed by atoms with van der Waals surface area (Å²) in [5, 5.41) is 3.23. The van der Waals surface area contributed by atoms with Crippen LogP contribution in [-0.4, -0.2) is 63.3 Å². The van der Waals surface area contributed by atoms with Gasteiger partial charge in [0.25, 0.3) is 5.91 Å². The van der Waals surface area contributed by atoms with Gasteiger partial charge in [-0.3, -0.25) is 9.59 Å². The zero-order valence-electron chi connectivity index (χ0n) is 28.9. The van der Waals surface area contributed by atoms with Gasteiger partial charge in [-0.2, -0.15) is 0 Å². The zero-order chi connectivity index (χ0) is 35.3. The first-order valence-electron chi connectivity index (χ1n) is 18.4. The van der Waals surface area contributed by atoms with E-state index in [-0.39, 0.29) is 47.3 Å². The van der Waals surface area contributed by atoms with Crippen LogP contribution in [0.5, 0.6) is 0 Å². The fraction of sp³-hybridized carbons (Fsp3) is 0.463. The lowest BCUT2D eigenvalue weighted by molar-refractivity contribution is -0.122. The van der Waals surface area contributed by atoms with E-state index < -0.39 is 11.6 Å². The van der Waals surface area contributed by atoms with Crippen molar-refractivity contribution in [2.45, 2.75) is 74.8 Å². The molecule has 4 heterocycles. The first kappa shape index (κ1) is 33.8. The van der Waals surface area contributed by atoms with Gasteiger partial charge in [0.1, 0.15) is 5.82 Å². The summed E-state index contributed by atoms with van der Waals surface area (Å²) in [4.78, 5) is 33.2. The van der Waals surface area contributed by atoms with Gasteiger partial charge in [0, 0.05) is 62.9 Å². The Bertz CT molecular complexity index is 1840. The summed E-state index contributed by atoms with van der Waals surface area (Å²) in [5.74, 6) is -2.20. The van der Waals surface area contributed by atoms with Gasteiger partial charge in [0.15, 0.2) is 11.6 Å². The molecule has 1 N–H and O–H groups in total. The molecule has 0 bridgehead atoms. The Balaban J connectivity index is 0.979. The van der Waals surface area contributed by atoms with E-state index in [0.29, 0.717) is 37.8 Å². The van der Waals surface area contributed by atoms with Crippen LogP contribution in [-0.2, 0) is 26.2 Å². The summed E-state index contributed by atoms with van der Waals surface area (Å²) >= 11 is 0. The molecule has 3 fully saturated rings. The van der Waals surface area contributed by atoms with Crippen LogP contribution in [0.1, 0.15) is 67.6 Å². The number of nitrogens with one attached hydrogen (secondary N) is 1. The number of piperidine rings is 1. The van der Waals surface area contributed by atoms with E-state index in [1.54, 1.807) is 12.1 Å². The molecule has 5 aliphatic rings. The molecule has 7 nitrogen and oxygen atoms in total. The minimum atomic E-state index is -0.898. The fourth-order valence-electron chi connectivity index (χ4n) is 9.64. The molecule has 0 aromatic heterocycles. The summed E-state index contributed by atoms with van der Waals surface area (Å²) in [5.41, 5.74) is 5.62. The molecule has 1 aliphatic carbocycles. The Labute approximate surface area is 297 Å². The smallest absolute Gasteiger partial charge is 0.250 e. The maximum absolute atomic E-state index is 14.8. The van der Waals surface area contributed by atoms with Crippen LogP contribution in [0, 0.1) is 23.4 Å².